The van der Waals surface area contributed by atoms with Gasteiger partial charge in [-0.05, 0) is 48.5 Å². The third kappa shape index (κ3) is 4.32. The number of halogens is 1. The summed E-state index contributed by atoms with van der Waals surface area (Å²) >= 11 is 5.61. The molecule has 2 heterocycles. The van der Waals surface area contributed by atoms with E-state index < -0.39 is 10.0 Å². The van der Waals surface area contributed by atoms with Crippen LogP contribution in [0.3, 0.4) is 0 Å². The number of amides is 1. The van der Waals surface area contributed by atoms with Crippen molar-refractivity contribution in [3.8, 4) is 0 Å². The number of nitrogens with one attached hydrogen (secondary N) is 2. The Morgan fingerprint density at radius 1 is 0.923 bits per heavy atom. The summed E-state index contributed by atoms with van der Waals surface area (Å²) in [6.07, 6.45) is 3.02. The molecule has 3 rings (SSSR count). The maximum absolute atomic E-state index is 12.3. The molecule has 2 N–H and O–H groups in total. The minimum atomic E-state index is -3.84. The van der Waals surface area contributed by atoms with Crippen molar-refractivity contribution < 1.29 is 13.2 Å². The van der Waals surface area contributed by atoms with Crippen molar-refractivity contribution >= 4 is 39.0 Å². The van der Waals surface area contributed by atoms with Crippen LogP contribution in [-0.2, 0) is 10.0 Å². The Bertz CT molecular complexity index is 1010. The lowest BCUT2D eigenvalue weighted by Gasteiger charge is -2.08. The lowest BCUT2D eigenvalue weighted by Crippen LogP contribution is -2.15. The van der Waals surface area contributed by atoms with Crippen LogP contribution in [0.1, 0.15) is 10.4 Å². The van der Waals surface area contributed by atoms with Crippen LogP contribution in [0.25, 0.3) is 0 Å². The fourth-order valence-corrected chi connectivity index (χ4v) is 3.09. The molecule has 0 unspecified atom stereocenters. The van der Waals surface area contributed by atoms with Gasteiger partial charge < -0.3 is 5.32 Å². The summed E-state index contributed by atoms with van der Waals surface area (Å²) in [5.74, 6) is -0.276. The summed E-state index contributed by atoms with van der Waals surface area (Å²) < 4.78 is 27.0. The number of carbonyl (C=O) groups excluding carboxylic acids is 1. The van der Waals surface area contributed by atoms with Crippen molar-refractivity contribution in [3.63, 3.8) is 0 Å². The summed E-state index contributed by atoms with van der Waals surface area (Å²) in [5, 5.41) is 10.0. The molecule has 1 aromatic carbocycles. The van der Waals surface area contributed by atoms with Crippen LogP contribution in [0.4, 0.5) is 11.5 Å². The predicted octanol–water partition coefficient (Wildman–Crippen LogP) is 2.58. The first kappa shape index (κ1) is 17.8. The molecule has 8 nitrogen and oxygen atoms in total. The fourth-order valence-electron chi connectivity index (χ4n) is 1.99. The number of sulfonamides is 1. The molecule has 26 heavy (non-hydrogen) atoms. The normalized spacial score (nSPS) is 11.0. The Hall–Kier alpha value is -3.04. The third-order valence-electron chi connectivity index (χ3n) is 3.24. The van der Waals surface area contributed by atoms with E-state index in [0.29, 0.717) is 11.3 Å². The van der Waals surface area contributed by atoms with Crippen molar-refractivity contribution in [1.82, 2.24) is 15.2 Å². The van der Waals surface area contributed by atoms with Crippen LogP contribution >= 0.6 is 11.6 Å². The lowest BCUT2D eigenvalue weighted by molar-refractivity contribution is 0.102. The molecule has 0 fully saturated rings. The molecular weight excluding hydrogens is 378 g/mol. The number of hydrogen-bond acceptors (Lipinski definition) is 6. The number of rotatable bonds is 5. The highest BCUT2D eigenvalue weighted by Crippen LogP contribution is 2.18. The van der Waals surface area contributed by atoms with E-state index in [1.165, 1.54) is 48.8 Å². The van der Waals surface area contributed by atoms with Crippen molar-refractivity contribution in [2.45, 2.75) is 4.90 Å². The molecule has 0 aliphatic carbocycles. The zero-order valence-electron chi connectivity index (χ0n) is 13.1. The van der Waals surface area contributed by atoms with Crippen LogP contribution in [0.5, 0.6) is 0 Å². The van der Waals surface area contributed by atoms with Crippen LogP contribution < -0.4 is 10.0 Å². The van der Waals surface area contributed by atoms with Crippen LogP contribution in [-0.4, -0.2) is 29.5 Å². The number of benzene rings is 1. The van der Waals surface area contributed by atoms with E-state index in [0.717, 1.165) is 0 Å². The molecule has 0 saturated heterocycles. The molecule has 0 radical (unpaired) electrons. The fraction of sp³-hybridized carbons (Fsp3) is 0. The molecule has 132 valence electrons. The molecule has 1 amide bonds. The molecule has 0 spiro atoms. The number of nitrogens with zero attached hydrogens (tertiary/aromatic N) is 3. The number of carbonyl (C=O) groups is 1. The minimum absolute atomic E-state index is 0.0103. The first-order valence-electron chi connectivity index (χ1n) is 7.27. The van der Waals surface area contributed by atoms with E-state index in [4.69, 9.17) is 11.6 Å². The topological polar surface area (TPSA) is 114 Å². The summed E-state index contributed by atoms with van der Waals surface area (Å²) in [5.41, 5.74) is 0.900. The van der Waals surface area contributed by atoms with E-state index in [-0.39, 0.29) is 21.8 Å². The maximum Gasteiger partial charge on any atom is 0.263 e. The molecule has 0 atom stereocenters. The third-order valence-corrected chi connectivity index (χ3v) is 4.81. The standard InChI is InChI=1S/C16H12ClN5O3S/c17-14-5-6-15(21-20-14)22-26(24,25)13-3-1-12(2-4-13)19-16(23)11-7-9-18-10-8-11/h1-10H,(H,19,23)(H,21,22). The quantitative estimate of drug-likeness (QED) is 0.693. The SMILES string of the molecule is O=C(Nc1ccc(S(=O)(=O)Nc2ccc(Cl)nn2)cc1)c1ccncc1. The van der Waals surface area contributed by atoms with E-state index >= 15 is 0 Å². The average molecular weight is 390 g/mol. The Balaban J connectivity index is 1.72. The van der Waals surface area contributed by atoms with Crippen molar-refractivity contribution in [2.24, 2.45) is 0 Å². The van der Waals surface area contributed by atoms with Gasteiger partial charge in [0.05, 0.1) is 4.90 Å². The van der Waals surface area contributed by atoms with Gasteiger partial charge in [0, 0.05) is 23.6 Å². The smallest absolute Gasteiger partial charge is 0.263 e. The first-order valence-corrected chi connectivity index (χ1v) is 9.14. The highest BCUT2D eigenvalue weighted by Gasteiger charge is 2.15. The zero-order chi connectivity index (χ0) is 18.6. The Labute approximate surface area is 154 Å². The lowest BCUT2D eigenvalue weighted by atomic mass is 10.2. The zero-order valence-corrected chi connectivity index (χ0v) is 14.7. The average Bonchev–Trinajstić information content (AvgIpc) is 2.64. The molecule has 0 aliphatic heterocycles. The molecule has 2 aromatic heterocycles. The van der Waals surface area contributed by atoms with Crippen LogP contribution in [0.2, 0.25) is 5.15 Å². The van der Waals surface area contributed by atoms with E-state index in [1.807, 2.05) is 0 Å². The summed E-state index contributed by atoms with van der Waals surface area (Å²) in [6.45, 7) is 0. The van der Waals surface area contributed by atoms with Crippen molar-refractivity contribution in [3.05, 3.63) is 71.6 Å². The van der Waals surface area contributed by atoms with Gasteiger partial charge in [0.15, 0.2) is 11.0 Å². The van der Waals surface area contributed by atoms with Gasteiger partial charge in [-0.1, -0.05) is 11.6 Å². The maximum atomic E-state index is 12.3. The van der Waals surface area contributed by atoms with Crippen molar-refractivity contribution in [1.29, 1.82) is 0 Å². The molecule has 0 saturated carbocycles. The molecule has 3 aromatic rings. The summed E-state index contributed by atoms with van der Waals surface area (Å²) in [6, 6.07) is 11.7. The van der Waals surface area contributed by atoms with Gasteiger partial charge in [-0.25, -0.2) is 8.42 Å². The first-order chi connectivity index (χ1) is 12.4. The second kappa shape index (κ2) is 7.46. The van der Waals surface area contributed by atoms with Gasteiger partial charge in [-0.2, -0.15) is 0 Å². The summed E-state index contributed by atoms with van der Waals surface area (Å²) in [7, 11) is -3.84. The van der Waals surface area contributed by atoms with Crippen LogP contribution in [0, 0.1) is 0 Å². The van der Waals surface area contributed by atoms with Gasteiger partial charge in [0.25, 0.3) is 15.9 Å². The number of anilines is 2. The largest absolute Gasteiger partial charge is 0.322 e. The molecular formula is C16H12ClN5O3S. The van der Waals surface area contributed by atoms with Gasteiger partial charge in [-0.3, -0.25) is 14.5 Å². The van der Waals surface area contributed by atoms with Gasteiger partial charge in [0.2, 0.25) is 0 Å². The minimum Gasteiger partial charge on any atom is -0.322 e. The van der Waals surface area contributed by atoms with E-state index in [9.17, 15) is 13.2 Å². The summed E-state index contributed by atoms with van der Waals surface area (Å²) in [4.78, 5) is 15.9. The monoisotopic (exact) mass is 389 g/mol. The van der Waals surface area contributed by atoms with Gasteiger partial charge in [0.1, 0.15) is 0 Å². The molecule has 10 heteroatoms. The Morgan fingerprint density at radius 3 is 2.23 bits per heavy atom. The van der Waals surface area contributed by atoms with Gasteiger partial charge >= 0.3 is 0 Å². The van der Waals surface area contributed by atoms with Gasteiger partial charge in [-0.15, -0.1) is 10.2 Å². The molecule has 0 bridgehead atoms. The number of aromatic nitrogens is 3. The number of hydrogen-bond donors (Lipinski definition) is 2. The molecule has 0 aliphatic rings. The Morgan fingerprint density at radius 2 is 1.62 bits per heavy atom. The highest BCUT2D eigenvalue weighted by atomic mass is 35.5. The Kier molecular flexibility index (Phi) is 5.10. The second-order valence-electron chi connectivity index (χ2n) is 5.06. The number of pyridine rings is 1. The van der Waals surface area contributed by atoms with Crippen molar-refractivity contribution in [2.75, 3.05) is 10.0 Å². The predicted molar refractivity (Wildman–Crippen MR) is 96.5 cm³/mol. The van der Waals surface area contributed by atoms with Crippen LogP contribution in [0.15, 0.2) is 65.8 Å². The van der Waals surface area contributed by atoms with E-state index in [2.05, 4.69) is 25.2 Å². The second-order valence-corrected chi connectivity index (χ2v) is 7.13. The van der Waals surface area contributed by atoms with E-state index in [1.54, 1.807) is 12.1 Å². The highest BCUT2D eigenvalue weighted by molar-refractivity contribution is 7.92.